The molecule has 0 amide bonds. The highest BCUT2D eigenvalue weighted by Crippen LogP contribution is 2.24. The highest BCUT2D eigenvalue weighted by atomic mass is 32.7. The molecular weight excluding hydrogens is 197 g/mol. The van der Waals surface area contributed by atoms with Crippen LogP contribution in [0.25, 0.3) is 0 Å². The highest BCUT2D eigenvalue weighted by Gasteiger charge is 2.17. The van der Waals surface area contributed by atoms with Gasteiger partial charge in [-0.1, -0.05) is 16.9 Å². The van der Waals surface area contributed by atoms with Crippen molar-refractivity contribution >= 4 is 36.0 Å². The molecule has 1 aliphatic heterocycles. The van der Waals surface area contributed by atoms with Gasteiger partial charge in [0.15, 0.2) is 5.44 Å². The predicted octanol–water partition coefficient (Wildman–Crippen LogP) is 1.84. The van der Waals surface area contributed by atoms with Gasteiger partial charge in [0, 0.05) is 6.42 Å². The molecule has 1 heterocycles. The van der Waals surface area contributed by atoms with Crippen molar-refractivity contribution in [1.29, 1.82) is 0 Å². The van der Waals surface area contributed by atoms with E-state index in [1.807, 2.05) is 6.92 Å². The normalized spacial score (nSPS) is 24.2. The van der Waals surface area contributed by atoms with Crippen LogP contribution in [0.2, 0.25) is 0 Å². The van der Waals surface area contributed by atoms with Crippen LogP contribution < -0.4 is 0 Å². The fraction of sp³-hybridized carbons (Fsp3) is 0.833. The summed E-state index contributed by atoms with van der Waals surface area (Å²) in [4.78, 5) is 5.05. The number of rotatable bonds is 4. The lowest BCUT2D eigenvalue weighted by molar-refractivity contribution is 0.141. The minimum atomic E-state index is 0.241. The fourth-order valence-electron chi connectivity index (χ4n) is 0.736. The molecule has 0 spiro atoms. The van der Waals surface area contributed by atoms with Gasteiger partial charge in [0.25, 0.3) is 0 Å². The van der Waals surface area contributed by atoms with Crippen molar-refractivity contribution in [3.63, 3.8) is 0 Å². The maximum atomic E-state index is 5.05. The van der Waals surface area contributed by atoms with E-state index in [9.17, 15) is 0 Å². The third-order valence-electron chi connectivity index (χ3n) is 1.20. The zero-order valence-corrected chi connectivity index (χ0v) is 9.41. The Bertz CT molecular complexity index is 154. The Labute approximate surface area is 77.4 Å². The molecule has 5 heteroatoms. The van der Waals surface area contributed by atoms with Crippen LogP contribution in [-0.4, -0.2) is 22.9 Å². The van der Waals surface area contributed by atoms with Crippen molar-refractivity contribution < 1.29 is 4.84 Å². The molecule has 0 fully saturated rings. The summed E-state index contributed by atoms with van der Waals surface area (Å²) >= 11 is 3.29. The molecule has 0 saturated heterocycles. The second kappa shape index (κ2) is 5.28. The Kier molecular flexibility index (Phi) is 4.65. The number of hydrogen-bond donors (Lipinski definition) is 0. The SMILES string of the molecule is CP[SH+]CCC1=NOC(C)S1. The molecule has 0 radical (unpaired) electrons. The Balaban J connectivity index is 2.08. The smallest absolute Gasteiger partial charge is 0.175 e. The third-order valence-corrected chi connectivity index (χ3v) is 4.55. The monoisotopic (exact) mass is 210 g/mol. The average molecular weight is 210 g/mol. The van der Waals surface area contributed by atoms with Gasteiger partial charge in [-0.3, -0.25) is 0 Å². The van der Waals surface area contributed by atoms with Gasteiger partial charge < -0.3 is 4.84 Å². The first-order valence-electron chi connectivity index (χ1n) is 3.55. The molecule has 0 aromatic rings. The second-order valence-corrected chi connectivity index (χ2v) is 7.00. The van der Waals surface area contributed by atoms with E-state index in [2.05, 4.69) is 11.8 Å². The summed E-state index contributed by atoms with van der Waals surface area (Å²) < 4.78 is 0. The fourth-order valence-corrected chi connectivity index (χ4v) is 3.22. The lowest BCUT2D eigenvalue weighted by atomic mass is 10.5. The number of nitrogens with zero attached hydrogens (tertiary/aromatic N) is 1. The first kappa shape index (κ1) is 9.69. The highest BCUT2D eigenvalue weighted by molar-refractivity contribution is 8.35. The summed E-state index contributed by atoms with van der Waals surface area (Å²) in [5.74, 6) is 1.23. The zero-order valence-electron chi connectivity index (χ0n) is 6.70. The standard InChI is InChI=1S/C6H12NOPS2/c1-5-8-7-6(11-5)3-4-10-9-2/h5,9H,3-4H2,1-2H3/p+1. The quantitative estimate of drug-likeness (QED) is 0.305. The lowest BCUT2D eigenvalue weighted by Gasteiger charge is -1.94. The van der Waals surface area contributed by atoms with E-state index in [1.54, 1.807) is 23.1 Å². The van der Waals surface area contributed by atoms with Gasteiger partial charge in [-0.05, 0) is 25.0 Å². The van der Waals surface area contributed by atoms with Crippen molar-refractivity contribution in [3.8, 4) is 0 Å². The van der Waals surface area contributed by atoms with Crippen LogP contribution >= 0.6 is 19.5 Å². The zero-order chi connectivity index (χ0) is 8.10. The molecule has 1 aliphatic rings. The Morgan fingerprint density at radius 3 is 3.18 bits per heavy atom. The minimum Gasteiger partial charge on any atom is -0.381 e. The second-order valence-electron chi connectivity index (χ2n) is 2.13. The maximum Gasteiger partial charge on any atom is 0.175 e. The molecular formula is C6H13NOPS2+. The summed E-state index contributed by atoms with van der Waals surface area (Å²) in [6, 6.07) is 0. The van der Waals surface area contributed by atoms with Crippen LogP contribution in [0.1, 0.15) is 13.3 Å². The lowest BCUT2D eigenvalue weighted by Crippen LogP contribution is -1.95. The number of oxime groups is 1. The van der Waals surface area contributed by atoms with Crippen molar-refractivity contribution in [2.75, 3.05) is 12.4 Å². The molecule has 0 bridgehead atoms. The summed E-state index contributed by atoms with van der Waals surface area (Å²) in [5, 5.41) is 5.14. The van der Waals surface area contributed by atoms with Crippen LogP contribution in [0, 0.1) is 0 Å². The van der Waals surface area contributed by atoms with Crippen molar-refractivity contribution in [2.45, 2.75) is 18.8 Å². The average Bonchev–Trinajstić information content (AvgIpc) is 2.37. The van der Waals surface area contributed by atoms with Gasteiger partial charge in [-0.2, -0.15) is 0 Å². The van der Waals surface area contributed by atoms with Gasteiger partial charge in [0.05, 0.1) is 0 Å². The molecule has 0 aliphatic carbocycles. The molecule has 2 nitrogen and oxygen atoms in total. The van der Waals surface area contributed by atoms with E-state index >= 15 is 0 Å². The molecule has 11 heavy (non-hydrogen) atoms. The molecule has 0 saturated carbocycles. The third kappa shape index (κ3) is 3.68. The molecule has 2 unspecified atom stereocenters. The van der Waals surface area contributed by atoms with E-state index in [0.717, 1.165) is 14.2 Å². The molecule has 0 N–H and O–H groups in total. The van der Waals surface area contributed by atoms with Crippen molar-refractivity contribution in [1.82, 2.24) is 0 Å². The first-order valence-corrected chi connectivity index (χ1v) is 7.85. The van der Waals surface area contributed by atoms with E-state index in [4.69, 9.17) is 4.84 Å². The maximum absolute atomic E-state index is 5.05. The predicted molar refractivity (Wildman–Crippen MR) is 58.1 cm³/mol. The Morgan fingerprint density at radius 1 is 1.82 bits per heavy atom. The first-order chi connectivity index (χ1) is 5.33. The Morgan fingerprint density at radius 2 is 2.64 bits per heavy atom. The summed E-state index contributed by atoms with van der Waals surface area (Å²) in [7, 11) is 1.04. The molecule has 1 rings (SSSR count). The largest absolute Gasteiger partial charge is 0.381 e. The van der Waals surface area contributed by atoms with Gasteiger partial charge in [0.2, 0.25) is 0 Å². The van der Waals surface area contributed by atoms with E-state index in [1.165, 1.54) is 10.8 Å². The summed E-state index contributed by atoms with van der Waals surface area (Å²) in [6.45, 7) is 4.25. The van der Waals surface area contributed by atoms with Gasteiger partial charge in [0.1, 0.15) is 18.6 Å². The van der Waals surface area contributed by atoms with Crippen molar-refractivity contribution in [2.24, 2.45) is 5.16 Å². The van der Waals surface area contributed by atoms with E-state index in [-0.39, 0.29) is 5.44 Å². The number of thioether (sulfide) groups is 1. The molecule has 2 atom stereocenters. The van der Waals surface area contributed by atoms with Crippen LogP contribution in [0.4, 0.5) is 0 Å². The minimum absolute atomic E-state index is 0.241. The van der Waals surface area contributed by atoms with Crippen LogP contribution in [0.5, 0.6) is 0 Å². The number of thiol groups is 1. The molecule has 64 valence electrons. The molecule has 0 aromatic carbocycles. The van der Waals surface area contributed by atoms with Gasteiger partial charge >= 0.3 is 0 Å². The molecule has 0 aromatic heterocycles. The van der Waals surface area contributed by atoms with Gasteiger partial charge in [-0.25, -0.2) is 0 Å². The van der Waals surface area contributed by atoms with Crippen molar-refractivity contribution in [3.05, 3.63) is 0 Å². The van der Waals surface area contributed by atoms with Crippen LogP contribution in [0.3, 0.4) is 0 Å². The number of hydrogen-bond acceptors (Lipinski definition) is 3. The topological polar surface area (TPSA) is 21.6 Å². The van der Waals surface area contributed by atoms with Crippen LogP contribution in [-0.2, 0) is 16.2 Å². The summed E-state index contributed by atoms with van der Waals surface area (Å²) in [6.07, 6.45) is 1.09. The van der Waals surface area contributed by atoms with E-state index in [0.29, 0.717) is 0 Å². The Hall–Kier alpha value is 0.600. The summed E-state index contributed by atoms with van der Waals surface area (Å²) in [5.41, 5.74) is 0.241. The van der Waals surface area contributed by atoms with E-state index < -0.39 is 0 Å². The van der Waals surface area contributed by atoms with Crippen LogP contribution in [0.15, 0.2) is 5.16 Å². The van der Waals surface area contributed by atoms with Gasteiger partial charge in [-0.15, -0.1) is 0 Å².